The molecule has 0 aromatic heterocycles. The van der Waals surface area contributed by atoms with E-state index in [-0.39, 0.29) is 5.91 Å². The Balaban J connectivity index is 1.85. The predicted octanol–water partition coefficient (Wildman–Crippen LogP) is 1.95. The van der Waals surface area contributed by atoms with Gasteiger partial charge in [-0.05, 0) is 43.1 Å². The summed E-state index contributed by atoms with van der Waals surface area (Å²) in [6.07, 6.45) is 2.50. The van der Waals surface area contributed by atoms with Crippen LogP contribution in [-0.2, 0) is 11.2 Å². The van der Waals surface area contributed by atoms with Gasteiger partial charge >= 0.3 is 0 Å². The molecule has 0 atom stereocenters. The van der Waals surface area contributed by atoms with Gasteiger partial charge in [-0.15, -0.1) is 0 Å². The summed E-state index contributed by atoms with van der Waals surface area (Å²) in [4.78, 5) is 11.2. The van der Waals surface area contributed by atoms with Gasteiger partial charge in [-0.1, -0.05) is 6.92 Å². The molecule has 1 aromatic carbocycles. The molecule has 0 unspecified atom stereocenters. The van der Waals surface area contributed by atoms with Crippen molar-refractivity contribution in [2.75, 3.05) is 25.0 Å². The molecule has 98 valence electrons. The third kappa shape index (κ3) is 3.47. The Kier molecular flexibility index (Phi) is 4.59. The van der Waals surface area contributed by atoms with Crippen LogP contribution in [0.15, 0.2) is 18.2 Å². The topological polar surface area (TPSA) is 50.4 Å². The molecule has 2 rings (SSSR count). The normalized spacial score (nSPS) is 13.9. The number of ether oxygens (including phenoxy) is 1. The molecule has 0 saturated heterocycles. The van der Waals surface area contributed by atoms with E-state index in [0.29, 0.717) is 13.0 Å². The van der Waals surface area contributed by atoms with Crippen molar-refractivity contribution in [3.8, 4) is 5.75 Å². The summed E-state index contributed by atoms with van der Waals surface area (Å²) in [6, 6.07) is 5.85. The minimum absolute atomic E-state index is 0.0972. The van der Waals surface area contributed by atoms with E-state index in [0.717, 1.165) is 42.9 Å². The highest BCUT2D eigenvalue weighted by Crippen LogP contribution is 2.26. The Morgan fingerprint density at radius 1 is 1.33 bits per heavy atom. The zero-order chi connectivity index (χ0) is 12.8. The Bertz CT molecular complexity index is 418. The average molecular weight is 248 g/mol. The van der Waals surface area contributed by atoms with Gasteiger partial charge in [0.1, 0.15) is 12.4 Å². The minimum Gasteiger partial charge on any atom is -0.492 e. The number of hydrogen-bond acceptors (Lipinski definition) is 3. The molecule has 0 aliphatic carbocycles. The van der Waals surface area contributed by atoms with Gasteiger partial charge in [0.2, 0.25) is 5.91 Å². The van der Waals surface area contributed by atoms with Crippen molar-refractivity contribution in [1.29, 1.82) is 0 Å². The second kappa shape index (κ2) is 6.40. The molecule has 4 heteroatoms. The first-order valence-corrected chi connectivity index (χ1v) is 6.56. The quantitative estimate of drug-likeness (QED) is 0.757. The van der Waals surface area contributed by atoms with Crippen LogP contribution >= 0.6 is 0 Å². The van der Waals surface area contributed by atoms with E-state index in [9.17, 15) is 4.79 Å². The summed E-state index contributed by atoms with van der Waals surface area (Å²) in [7, 11) is 0. The number of nitrogens with one attached hydrogen (secondary N) is 2. The first-order chi connectivity index (χ1) is 8.79. The van der Waals surface area contributed by atoms with Gasteiger partial charge in [-0.2, -0.15) is 0 Å². The van der Waals surface area contributed by atoms with E-state index in [1.54, 1.807) is 0 Å². The van der Waals surface area contributed by atoms with Crippen LogP contribution in [-0.4, -0.2) is 25.6 Å². The smallest absolute Gasteiger partial charge is 0.224 e. The van der Waals surface area contributed by atoms with Crippen molar-refractivity contribution in [2.45, 2.75) is 26.2 Å². The number of rotatable bonds is 6. The van der Waals surface area contributed by atoms with Crippen molar-refractivity contribution in [1.82, 2.24) is 5.32 Å². The summed E-state index contributed by atoms with van der Waals surface area (Å²) in [5.74, 6) is 0.975. The van der Waals surface area contributed by atoms with Gasteiger partial charge in [-0.3, -0.25) is 4.79 Å². The summed E-state index contributed by atoms with van der Waals surface area (Å²) in [5.41, 5.74) is 2.08. The van der Waals surface area contributed by atoms with Crippen LogP contribution in [0.2, 0.25) is 0 Å². The third-order valence-electron chi connectivity index (χ3n) is 2.95. The lowest BCUT2D eigenvalue weighted by molar-refractivity contribution is -0.116. The molecular weight excluding hydrogens is 228 g/mol. The van der Waals surface area contributed by atoms with Gasteiger partial charge in [-0.25, -0.2) is 0 Å². The molecule has 1 heterocycles. The van der Waals surface area contributed by atoms with E-state index < -0.39 is 0 Å². The molecule has 0 saturated carbocycles. The van der Waals surface area contributed by atoms with E-state index >= 15 is 0 Å². The predicted molar refractivity (Wildman–Crippen MR) is 72.0 cm³/mol. The SMILES string of the molecule is CCCNCCOc1ccc2c(c1)CCC(=O)N2. The summed E-state index contributed by atoms with van der Waals surface area (Å²) >= 11 is 0. The van der Waals surface area contributed by atoms with Gasteiger partial charge in [0.15, 0.2) is 0 Å². The van der Waals surface area contributed by atoms with E-state index in [2.05, 4.69) is 17.6 Å². The van der Waals surface area contributed by atoms with Crippen LogP contribution in [0, 0.1) is 0 Å². The van der Waals surface area contributed by atoms with Gasteiger partial charge in [0, 0.05) is 18.7 Å². The lowest BCUT2D eigenvalue weighted by atomic mass is 10.0. The fourth-order valence-electron chi connectivity index (χ4n) is 1.99. The Hall–Kier alpha value is -1.55. The van der Waals surface area contributed by atoms with Crippen molar-refractivity contribution < 1.29 is 9.53 Å². The van der Waals surface area contributed by atoms with Crippen molar-refractivity contribution in [2.24, 2.45) is 0 Å². The number of carbonyl (C=O) groups excluding carboxylic acids is 1. The number of benzene rings is 1. The molecule has 1 aliphatic rings. The van der Waals surface area contributed by atoms with Crippen LogP contribution in [0.25, 0.3) is 0 Å². The maximum absolute atomic E-state index is 11.2. The largest absolute Gasteiger partial charge is 0.492 e. The third-order valence-corrected chi connectivity index (χ3v) is 2.95. The van der Waals surface area contributed by atoms with Crippen LogP contribution in [0.1, 0.15) is 25.3 Å². The molecule has 0 bridgehead atoms. The molecule has 2 N–H and O–H groups in total. The first kappa shape index (κ1) is 12.9. The van der Waals surface area contributed by atoms with Crippen molar-refractivity contribution in [3.05, 3.63) is 23.8 Å². The molecule has 18 heavy (non-hydrogen) atoms. The lowest BCUT2D eigenvalue weighted by Crippen LogP contribution is -2.22. The van der Waals surface area contributed by atoms with E-state index in [1.807, 2.05) is 18.2 Å². The second-order valence-electron chi connectivity index (χ2n) is 4.47. The number of amides is 1. The van der Waals surface area contributed by atoms with Crippen LogP contribution in [0.3, 0.4) is 0 Å². The fourth-order valence-corrected chi connectivity index (χ4v) is 1.99. The Morgan fingerprint density at radius 3 is 3.06 bits per heavy atom. The number of carbonyl (C=O) groups is 1. The highest BCUT2D eigenvalue weighted by Gasteiger charge is 2.14. The summed E-state index contributed by atoms with van der Waals surface area (Å²) in [6.45, 7) is 4.71. The highest BCUT2D eigenvalue weighted by molar-refractivity contribution is 5.93. The maximum atomic E-state index is 11.2. The first-order valence-electron chi connectivity index (χ1n) is 6.56. The standard InChI is InChI=1S/C14H20N2O2/c1-2-7-15-8-9-18-12-4-5-13-11(10-12)3-6-14(17)16-13/h4-5,10,15H,2-3,6-9H2,1H3,(H,16,17). The molecule has 0 spiro atoms. The molecule has 4 nitrogen and oxygen atoms in total. The van der Waals surface area contributed by atoms with Crippen LogP contribution in [0.4, 0.5) is 5.69 Å². The molecular formula is C14H20N2O2. The number of fused-ring (bicyclic) bond motifs is 1. The molecule has 1 amide bonds. The van der Waals surface area contributed by atoms with Gasteiger partial charge in [0.05, 0.1) is 0 Å². The highest BCUT2D eigenvalue weighted by atomic mass is 16.5. The van der Waals surface area contributed by atoms with Crippen LogP contribution in [0.5, 0.6) is 5.75 Å². The lowest BCUT2D eigenvalue weighted by Gasteiger charge is -2.17. The van der Waals surface area contributed by atoms with E-state index in [4.69, 9.17) is 4.74 Å². The Morgan fingerprint density at radius 2 is 2.22 bits per heavy atom. The van der Waals surface area contributed by atoms with E-state index in [1.165, 1.54) is 0 Å². The molecule has 1 aliphatic heterocycles. The number of aryl methyl sites for hydroxylation is 1. The van der Waals surface area contributed by atoms with Gasteiger partial charge in [0.25, 0.3) is 0 Å². The zero-order valence-electron chi connectivity index (χ0n) is 10.8. The number of anilines is 1. The van der Waals surface area contributed by atoms with Gasteiger partial charge < -0.3 is 15.4 Å². The summed E-state index contributed by atoms with van der Waals surface area (Å²) < 4.78 is 5.67. The number of hydrogen-bond donors (Lipinski definition) is 2. The minimum atomic E-state index is 0.0972. The molecule has 0 radical (unpaired) electrons. The zero-order valence-corrected chi connectivity index (χ0v) is 10.8. The maximum Gasteiger partial charge on any atom is 0.224 e. The molecule has 1 aromatic rings. The summed E-state index contributed by atoms with van der Waals surface area (Å²) in [5, 5.41) is 6.16. The fraction of sp³-hybridized carbons (Fsp3) is 0.500. The van der Waals surface area contributed by atoms with Crippen molar-refractivity contribution >= 4 is 11.6 Å². The Labute approximate surface area is 108 Å². The van der Waals surface area contributed by atoms with Crippen molar-refractivity contribution in [3.63, 3.8) is 0 Å². The second-order valence-corrected chi connectivity index (χ2v) is 4.47. The monoisotopic (exact) mass is 248 g/mol. The van der Waals surface area contributed by atoms with Crippen LogP contribution < -0.4 is 15.4 Å². The molecule has 0 fully saturated rings. The average Bonchev–Trinajstić information content (AvgIpc) is 2.38.